The minimum Gasteiger partial charge on any atom is -0.295 e. The van der Waals surface area contributed by atoms with Gasteiger partial charge >= 0.3 is 0 Å². The van der Waals surface area contributed by atoms with Crippen LogP contribution in [0.1, 0.15) is 45.0 Å². The first-order chi connectivity index (χ1) is 9.04. The Morgan fingerprint density at radius 2 is 1.70 bits per heavy atom. The van der Waals surface area contributed by atoms with Gasteiger partial charge in [-0.25, -0.2) is 13.1 Å². The number of carbonyl (C=O) groups is 1. The van der Waals surface area contributed by atoms with E-state index in [0.29, 0.717) is 12.1 Å². The number of hydrogen-bond donors (Lipinski definition) is 1. The van der Waals surface area contributed by atoms with Crippen LogP contribution in [0.5, 0.6) is 0 Å². The van der Waals surface area contributed by atoms with Crippen molar-refractivity contribution in [2.75, 3.05) is 6.54 Å². The molecule has 0 fully saturated rings. The fourth-order valence-corrected chi connectivity index (χ4v) is 2.62. The summed E-state index contributed by atoms with van der Waals surface area (Å²) in [7, 11) is -3.52. The number of Topliss-reactive ketones (excluding diaryl/α,β-unsaturated/α-hetero) is 1. The summed E-state index contributed by atoms with van der Waals surface area (Å²) in [5, 5.41) is 0. The third kappa shape index (κ3) is 4.42. The van der Waals surface area contributed by atoms with Crippen LogP contribution in [0.25, 0.3) is 0 Å². The molecule has 0 aliphatic heterocycles. The quantitative estimate of drug-likeness (QED) is 0.850. The van der Waals surface area contributed by atoms with Crippen molar-refractivity contribution < 1.29 is 13.2 Å². The molecule has 1 atom stereocenters. The molecule has 1 aromatic rings. The molecule has 0 saturated carbocycles. The summed E-state index contributed by atoms with van der Waals surface area (Å²) in [6.45, 7) is 10.1. The molecule has 0 aliphatic rings. The first-order valence-electron chi connectivity index (χ1n) is 6.64. The van der Waals surface area contributed by atoms with Crippen molar-refractivity contribution >= 4 is 15.8 Å². The number of sulfonamides is 1. The van der Waals surface area contributed by atoms with E-state index in [2.05, 4.69) is 25.5 Å². The summed E-state index contributed by atoms with van der Waals surface area (Å²) < 4.78 is 26.9. The Balaban J connectivity index is 2.82. The normalized spacial score (nSPS) is 14.1. The first kappa shape index (κ1) is 16.9. The summed E-state index contributed by atoms with van der Waals surface area (Å²) in [5.74, 6) is 0.136. The second-order valence-corrected chi connectivity index (χ2v) is 7.97. The zero-order valence-corrected chi connectivity index (χ0v) is 13.5. The van der Waals surface area contributed by atoms with Gasteiger partial charge in [0, 0.05) is 12.1 Å². The van der Waals surface area contributed by atoms with Crippen molar-refractivity contribution in [1.29, 1.82) is 0 Å². The van der Waals surface area contributed by atoms with Gasteiger partial charge in [0.25, 0.3) is 0 Å². The number of rotatable bonds is 5. The number of hydrogen-bond acceptors (Lipinski definition) is 3. The predicted octanol–water partition coefficient (Wildman–Crippen LogP) is 2.85. The Hall–Kier alpha value is -1.20. The largest absolute Gasteiger partial charge is 0.295 e. The summed E-state index contributed by atoms with van der Waals surface area (Å²) in [6, 6.07) is 5.98. The minimum absolute atomic E-state index is 0.0427. The highest BCUT2D eigenvalue weighted by atomic mass is 32.2. The highest BCUT2D eigenvalue weighted by Crippen LogP contribution is 2.24. The fourth-order valence-electron chi connectivity index (χ4n) is 1.49. The van der Waals surface area contributed by atoms with E-state index in [0.717, 1.165) is 0 Å². The van der Waals surface area contributed by atoms with Crippen molar-refractivity contribution in [3.05, 3.63) is 29.8 Å². The van der Waals surface area contributed by atoms with Gasteiger partial charge in [-0.05, 0) is 30.4 Å². The molecule has 1 aromatic carbocycles. The lowest BCUT2D eigenvalue weighted by Gasteiger charge is -2.27. The Morgan fingerprint density at radius 1 is 1.20 bits per heavy atom. The third-order valence-electron chi connectivity index (χ3n) is 3.63. The van der Waals surface area contributed by atoms with E-state index in [-0.39, 0.29) is 22.0 Å². The topological polar surface area (TPSA) is 63.2 Å². The molecule has 112 valence electrons. The van der Waals surface area contributed by atoms with Crippen molar-refractivity contribution in [1.82, 2.24) is 4.72 Å². The van der Waals surface area contributed by atoms with Gasteiger partial charge in [-0.15, -0.1) is 0 Å². The Bertz CT molecular complexity index is 568. The smallest absolute Gasteiger partial charge is 0.240 e. The fraction of sp³-hybridized carbons (Fsp3) is 0.533. The molecule has 0 spiro atoms. The molecule has 4 nitrogen and oxygen atoms in total. The lowest BCUT2D eigenvalue weighted by Crippen LogP contribution is -2.33. The monoisotopic (exact) mass is 297 g/mol. The zero-order valence-electron chi connectivity index (χ0n) is 12.7. The molecule has 5 heteroatoms. The van der Waals surface area contributed by atoms with Gasteiger partial charge in [-0.1, -0.05) is 39.8 Å². The van der Waals surface area contributed by atoms with E-state index < -0.39 is 10.0 Å². The van der Waals surface area contributed by atoms with Crippen LogP contribution in [0.2, 0.25) is 0 Å². The van der Waals surface area contributed by atoms with Crippen molar-refractivity contribution in [2.45, 2.75) is 39.5 Å². The predicted molar refractivity (Wildman–Crippen MR) is 80.3 cm³/mol. The molecule has 0 saturated heterocycles. The standard InChI is InChI=1S/C15H23NO3S/c1-11(15(3,4)5)10-16-20(18,19)14-8-6-13(7-9-14)12(2)17/h6-9,11,16H,10H2,1-5H3. The molecule has 0 bridgehead atoms. The maximum absolute atomic E-state index is 12.1. The highest BCUT2D eigenvalue weighted by molar-refractivity contribution is 7.89. The van der Waals surface area contributed by atoms with Gasteiger partial charge in [0.1, 0.15) is 0 Å². The molecule has 1 N–H and O–H groups in total. The second-order valence-electron chi connectivity index (χ2n) is 6.20. The van der Waals surface area contributed by atoms with E-state index in [1.54, 1.807) is 0 Å². The van der Waals surface area contributed by atoms with Crippen LogP contribution in [-0.4, -0.2) is 20.7 Å². The maximum atomic E-state index is 12.1. The average molecular weight is 297 g/mol. The van der Waals surface area contributed by atoms with Gasteiger partial charge in [0.2, 0.25) is 10.0 Å². The van der Waals surface area contributed by atoms with Gasteiger partial charge in [0.15, 0.2) is 5.78 Å². The minimum atomic E-state index is -3.52. The van der Waals surface area contributed by atoms with Crippen LogP contribution in [0.3, 0.4) is 0 Å². The zero-order chi connectivity index (χ0) is 15.6. The lowest BCUT2D eigenvalue weighted by atomic mass is 9.82. The number of carbonyl (C=O) groups excluding carboxylic acids is 1. The summed E-state index contributed by atoms with van der Waals surface area (Å²) >= 11 is 0. The van der Waals surface area contributed by atoms with Crippen molar-refractivity contribution in [2.24, 2.45) is 11.3 Å². The first-order valence-corrected chi connectivity index (χ1v) is 8.13. The highest BCUT2D eigenvalue weighted by Gasteiger charge is 2.22. The summed E-state index contributed by atoms with van der Waals surface area (Å²) in [4.78, 5) is 11.4. The molecule has 0 aromatic heterocycles. The molecule has 0 aliphatic carbocycles. The molecular weight excluding hydrogens is 274 g/mol. The molecular formula is C15H23NO3S. The number of nitrogens with one attached hydrogen (secondary N) is 1. The summed E-state index contributed by atoms with van der Waals surface area (Å²) in [6.07, 6.45) is 0. The van der Waals surface area contributed by atoms with Crippen LogP contribution in [0, 0.1) is 11.3 Å². The van der Waals surface area contributed by atoms with E-state index in [1.165, 1.54) is 31.2 Å². The van der Waals surface area contributed by atoms with Crippen LogP contribution in [0.15, 0.2) is 29.2 Å². The maximum Gasteiger partial charge on any atom is 0.240 e. The van der Waals surface area contributed by atoms with E-state index in [4.69, 9.17) is 0 Å². The molecule has 0 radical (unpaired) electrons. The van der Waals surface area contributed by atoms with Crippen LogP contribution >= 0.6 is 0 Å². The molecule has 0 amide bonds. The van der Waals surface area contributed by atoms with E-state index in [9.17, 15) is 13.2 Å². The Morgan fingerprint density at radius 3 is 2.10 bits per heavy atom. The van der Waals surface area contributed by atoms with Crippen LogP contribution < -0.4 is 4.72 Å². The third-order valence-corrected chi connectivity index (χ3v) is 5.07. The van der Waals surface area contributed by atoms with Crippen LogP contribution in [-0.2, 0) is 10.0 Å². The van der Waals surface area contributed by atoms with Gasteiger partial charge in [-0.3, -0.25) is 4.79 Å². The molecule has 1 unspecified atom stereocenters. The lowest BCUT2D eigenvalue weighted by molar-refractivity contribution is 0.101. The van der Waals surface area contributed by atoms with E-state index in [1.807, 2.05) is 6.92 Å². The number of benzene rings is 1. The molecule has 0 heterocycles. The Kier molecular flexibility index (Phi) is 5.10. The number of ketones is 1. The average Bonchev–Trinajstić information content (AvgIpc) is 2.35. The summed E-state index contributed by atoms with van der Waals surface area (Å²) in [5.41, 5.74) is 0.549. The second kappa shape index (κ2) is 6.06. The van der Waals surface area contributed by atoms with Gasteiger partial charge < -0.3 is 0 Å². The van der Waals surface area contributed by atoms with Crippen molar-refractivity contribution in [3.63, 3.8) is 0 Å². The van der Waals surface area contributed by atoms with Crippen LogP contribution in [0.4, 0.5) is 0 Å². The van der Waals surface area contributed by atoms with Gasteiger partial charge in [0.05, 0.1) is 4.90 Å². The van der Waals surface area contributed by atoms with Gasteiger partial charge in [-0.2, -0.15) is 0 Å². The Labute approximate surface area is 121 Å². The SMILES string of the molecule is CC(=O)c1ccc(S(=O)(=O)NCC(C)C(C)(C)C)cc1. The van der Waals surface area contributed by atoms with E-state index >= 15 is 0 Å². The molecule has 20 heavy (non-hydrogen) atoms. The molecule has 1 rings (SSSR count). The van der Waals surface area contributed by atoms with Crippen molar-refractivity contribution in [3.8, 4) is 0 Å².